The first-order valence-corrected chi connectivity index (χ1v) is 5.72. The standard InChI is InChI=1S/C11H18N4O/c1-9-2-5-14(6-3-9)11(16)8-15-7-4-10(12)13-15/h4,7,9H,2-3,5-6,8H2,1H3,(H2,12,13). The van der Waals surface area contributed by atoms with E-state index in [0.29, 0.717) is 12.4 Å². The molecule has 0 bridgehead atoms. The van der Waals surface area contributed by atoms with E-state index in [1.165, 1.54) is 0 Å². The maximum Gasteiger partial charge on any atom is 0.244 e. The van der Waals surface area contributed by atoms with Crippen molar-refractivity contribution in [2.24, 2.45) is 5.92 Å². The molecule has 0 atom stereocenters. The summed E-state index contributed by atoms with van der Waals surface area (Å²) in [4.78, 5) is 13.8. The molecule has 1 aromatic heterocycles. The van der Waals surface area contributed by atoms with Gasteiger partial charge in [-0.25, -0.2) is 0 Å². The molecule has 1 fully saturated rings. The van der Waals surface area contributed by atoms with Crippen LogP contribution in [0.4, 0.5) is 5.82 Å². The fourth-order valence-corrected chi connectivity index (χ4v) is 1.96. The topological polar surface area (TPSA) is 64.2 Å². The Kier molecular flexibility index (Phi) is 3.12. The molecular weight excluding hydrogens is 204 g/mol. The van der Waals surface area contributed by atoms with E-state index in [2.05, 4.69) is 12.0 Å². The molecule has 2 N–H and O–H groups in total. The summed E-state index contributed by atoms with van der Waals surface area (Å²) in [7, 11) is 0. The van der Waals surface area contributed by atoms with E-state index in [1.807, 2.05) is 4.90 Å². The van der Waals surface area contributed by atoms with Gasteiger partial charge in [0.15, 0.2) is 0 Å². The van der Waals surface area contributed by atoms with Crippen molar-refractivity contribution < 1.29 is 4.79 Å². The number of anilines is 1. The average molecular weight is 222 g/mol. The summed E-state index contributed by atoms with van der Waals surface area (Å²) in [5, 5.41) is 4.01. The van der Waals surface area contributed by atoms with E-state index >= 15 is 0 Å². The highest BCUT2D eigenvalue weighted by Crippen LogP contribution is 2.16. The van der Waals surface area contributed by atoms with Gasteiger partial charge in [-0.15, -0.1) is 0 Å². The predicted octanol–water partition coefficient (Wildman–Crippen LogP) is 0.724. The van der Waals surface area contributed by atoms with Gasteiger partial charge < -0.3 is 10.6 Å². The van der Waals surface area contributed by atoms with Gasteiger partial charge in [0.2, 0.25) is 5.91 Å². The molecule has 5 nitrogen and oxygen atoms in total. The number of aromatic nitrogens is 2. The van der Waals surface area contributed by atoms with Gasteiger partial charge in [-0.3, -0.25) is 9.48 Å². The van der Waals surface area contributed by atoms with Gasteiger partial charge in [-0.2, -0.15) is 5.10 Å². The Morgan fingerprint density at radius 2 is 2.25 bits per heavy atom. The highest BCUT2D eigenvalue weighted by Gasteiger charge is 2.20. The zero-order valence-electron chi connectivity index (χ0n) is 9.59. The van der Waals surface area contributed by atoms with Crippen LogP contribution in [0.25, 0.3) is 0 Å². The first-order chi connectivity index (χ1) is 7.65. The van der Waals surface area contributed by atoms with Crippen LogP contribution in [-0.2, 0) is 11.3 Å². The summed E-state index contributed by atoms with van der Waals surface area (Å²) in [6, 6.07) is 1.70. The Morgan fingerprint density at radius 3 is 2.81 bits per heavy atom. The van der Waals surface area contributed by atoms with Gasteiger partial charge >= 0.3 is 0 Å². The minimum Gasteiger partial charge on any atom is -0.382 e. The molecule has 2 rings (SSSR count). The van der Waals surface area contributed by atoms with E-state index in [1.54, 1.807) is 16.9 Å². The van der Waals surface area contributed by atoms with Gasteiger partial charge in [0, 0.05) is 19.3 Å². The Labute approximate surface area is 95.2 Å². The Bertz CT molecular complexity index is 366. The minimum atomic E-state index is 0.134. The van der Waals surface area contributed by atoms with Crippen LogP contribution in [0, 0.1) is 5.92 Å². The molecule has 16 heavy (non-hydrogen) atoms. The zero-order valence-corrected chi connectivity index (χ0v) is 9.59. The molecule has 0 aliphatic carbocycles. The molecule has 1 aromatic rings. The largest absolute Gasteiger partial charge is 0.382 e. The van der Waals surface area contributed by atoms with Crippen molar-refractivity contribution >= 4 is 11.7 Å². The maximum absolute atomic E-state index is 11.9. The lowest BCUT2D eigenvalue weighted by Crippen LogP contribution is -2.39. The highest BCUT2D eigenvalue weighted by atomic mass is 16.2. The number of amides is 1. The third-order valence-electron chi connectivity index (χ3n) is 3.09. The number of hydrogen-bond donors (Lipinski definition) is 1. The number of carbonyl (C=O) groups is 1. The minimum absolute atomic E-state index is 0.134. The van der Waals surface area contributed by atoms with Crippen molar-refractivity contribution in [2.45, 2.75) is 26.3 Å². The lowest BCUT2D eigenvalue weighted by molar-refractivity contribution is -0.133. The van der Waals surface area contributed by atoms with Gasteiger partial charge in [0.25, 0.3) is 0 Å². The molecule has 5 heteroatoms. The number of nitrogen functional groups attached to an aromatic ring is 1. The maximum atomic E-state index is 11.9. The Morgan fingerprint density at radius 1 is 1.56 bits per heavy atom. The molecule has 0 saturated carbocycles. The fraction of sp³-hybridized carbons (Fsp3) is 0.636. The first-order valence-electron chi connectivity index (χ1n) is 5.72. The third-order valence-corrected chi connectivity index (χ3v) is 3.09. The van der Waals surface area contributed by atoms with Crippen LogP contribution < -0.4 is 5.73 Å². The van der Waals surface area contributed by atoms with E-state index in [9.17, 15) is 4.79 Å². The van der Waals surface area contributed by atoms with Crippen LogP contribution in [0.1, 0.15) is 19.8 Å². The molecule has 88 valence electrons. The summed E-state index contributed by atoms with van der Waals surface area (Å²) >= 11 is 0. The lowest BCUT2D eigenvalue weighted by atomic mass is 9.99. The van der Waals surface area contributed by atoms with Gasteiger partial charge in [0.1, 0.15) is 12.4 Å². The molecule has 0 unspecified atom stereocenters. The second-order valence-electron chi connectivity index (χ2n) is 4.50. The second-order valence-corrected chi connectivity index (χ2v) is 4.50. The van der Waals surface area contributed by atoms with E-state index in [-0.39, 0.29) is 5.91 Å². The zero-order chi connectivity index (χ0) is 11.5. The number of piperidine rings is 1. The van der Waals surface area contributed by atoms with Crippen molar-refractivity contribution in [2.75, 3.05) is 18.8 Å². The number of hydrogen-bond acceptors (Lipinski definition) is 3. The molecule has 0 radical (unpaired) electrons. The predicted molar refractivity (Wildman–Crippen MR) is 61.6 cm³/mol. The van der Waals surface area contributed by atoms with Gasteiger partial charge in [-0.1, -0.05) is 6.92 Å². The third kappa shape index (κ3) is 2.53. The summed E-state index contributed by atoms with van der Waals surface area (Å²) in [6.07, 6.45) is 3.94. The molecule has 0 spiro atoms. The summed E-state index contributed by atoms with van der Waals surface area (Å²) in [6.45, 7) is 4.27. The molecule has 0 aromatic carbocycles. The van der Waals surface area contributed by atoms with Crippen molar-refractivity contribution in [1.29, 1.82) is 0 Å². The Hall–Kier alpha value is -1.52. The second kappa shape index (κ2) is 4.55. The van der Waals surface area contributed by atoms with E-state index in [4.69, 9.17) is 5.73 Å². The average Bonchev–Trinajstić information content (AvgIpc) is 2.65. The van der Waals surface area contributed by atoms with Crippen molar-refractivity contribution in [1.82, 2.24) is 14.7 Å². The number of nitrogens with zero attached hydrogens (tertiary/aromatic N) is 3. The SMILES string of the molecule is CC1CCN(C(=O)Cn2ccc(N)n2)CC1. The van der Waals surface area contributed by atoms with Gasteiger partial charge in [-0.05, 0) is 24.8 Å². The quantitative estimate of drug-likeness (QED) is 0.802. The summed E-state index contributed by atoms with van der Waals surface area (Å²) < 4.78 is 1.59. The molecule has 1 aliphatic heterocycles. The van der Waals surface area contributed by atoms with Gasteiger partial charge in [0.05, 0.1) is 0 Å². The fourth-order valence-electron chi connectivity index (χ4n) is 1.96. The van der Waals surface area contributed by atoms with Crippen LogP contribution >= 0.6 is 0 Å². The first kappa shape index (κ1) is 11.0. The lowest BCUT2D eigenvalue weighted by Gasteiger charge is -2.30. The highest BCUT2D eigenvalue weighted by molar-refractivity contribution is 5.76. The van der Waals surface area contributed by atoms with Crippen LogP contribution in [0.15, 0.2) is 12.3 Å². The number of carbonyl (C=O) groups excluding carboxylic acids is 1. The Balaban J connectivity index is 1.88. The number of rotatable bonds is 2. The van der Waals surface area contributed by atoms with Crippen molar-refractivity contribution in [3.63, 3.8) is 0 Å². The van der Waals surface area contributed by atoms with Crippen molar-refractivity contribution in [3.8, 4) is 0 Å². The van der Waals surface area contributed by atoms with Crippen LogP contribution in [0.5, 0.6) is 0 Å². The van der Waals surface area contributed by atoms with Crippen LogP contribution in [0.2, 0.25) is 0 Å². The summed E-state index contributed by atoms with van der Waals surface area (Å²) in [5.74, 6) is 1.33. The molecule has 1 aliphatic rings. The molecule has 2 heterocycles. The van der Waals surface area contributed by atoms with Crippen LogP contribution in [-0.4, -0.2) is 33.7 Å². The van der Waals surface area contributed by atoms with E-state index < -0.39 is 0 Å². The smallest absolute Gasteiger partial charge is 0.244 e. The van der Waals surface area contributed by atoms with Crippen LogP contribution in [0.3, 0.4) is 0 Å². The van der Waals surface area contributed by atoms with E-state index in [0.717, 1.165) is 31.8 Å². The summed E-state index contributed by atoms with van der Waals surface area (Å²) in [5.41, 5.74) is 5.49. The number of nitrogens with two attached hydrogens (primary N) is 1. The molecule has 1 amide bonds. The molecular formula is C11H18N4O. The number of likely N-dealkylation sites (tertiary alicyclic amines) is 1. The monoisotopic (exact) mass is 222 g/mol. The van der Waals surface area contributed by atoms with Crippen molar-refractivity contribution in [3.05, 3.63) is 12.3 Å². The normalized spacial score (nSPS) is 17.7. The molecule has 1 saturated heterocycles.